The first-order valence-corrected chi connectivity index (χ1v) is 13.6. The van der Waals surface area contributed by atoms with E-state index in [9.17, 15) is 4.21 Å². The number of hydrogen-bond donors (Lipinski definition) is 1. The highest BCUT2D eigenvalue weighted by Gasteiger charge is 2.33. The van der Waals surface area contributed by atoms with Crippen molar-refractivity contribution in [3.8, 4) is 17.3 Å². The van der Waals surface area contributed by atoms with Gasteiger partial charge in [0.05, 0.1) is 27.8 Å². The van der Waals surface area contributed by atoms with Gasteiger partial charge in [0.1, 0.15) is 11.5 Å². The predicted molar refractivity (Wildman–Crippen MR) is 132 cm³/mol. The summed E-state index contributed by atoms with van der Waals surface area (Å²) < 4.78 is 23.3. The number of hydrogen-bond acceptors (Lipinski definition) is 7. The molecular weight excluding hydrogens is 436 g/mol. The first-order chi connectivity index (χ1) is 16.0. The zero-order chi connectivity index (χ0) is 23.0. The monoisotopic (exact) mass is 468 g/mol. The van der Waals surface area contributed by atoms with E-state index in [0.717, 1.165) is 60.3 Å². The normalized spacial score (nSPS) is 25.8. The number of methoxy groups -OCH3 is 1. The average Bonchev–Trinajstić information content (AvgIpc) is 3.40. The molecule has 0 radical (unpaired) electrons. The minimum atomic E-state index is -2.32. The molecule has 2 fully saturated rings. The van der Waals surface area contributed by atoms with Crippen LogP contribution in [-0.2, 0) is 9.73 Å². The maximum Gasteiger partial charge on any atom is 0.215 e. The summed E-state index contributed by atoms with van der Waals surface area (Å²) in [4.78, 5) is 20.1. The van der Waals surface area contributed by atoms with Crippen LogP contribution in [0.15, 0.2) is 28.8 Å². The molecule has 3 aromatic heterocycles. The summed E-state index contributed by atoms with van der Waals surface area (Å²) in [5.74, 6) is 2.67. The molecule has 9 heteroatoms. The van der Waals surface area contributed by atoms with Crippen molar-refractivity contribution in [2.75, 3.05) is 31.4 Å². The molecule has 0 saturated carbocycles. The lowest BCUT2D eigenvalue weighted by atomic mass is 10.1. The molecule has 1 unspecified atom stereocenters. The lowest BCUT2D eigenvalue weighted by molar-refractivity contribution is 0.399. The zero-order valence-electron chi connectivity index (χ0n) is 19.6. The fourth-order valence-electron chi connectivity index (χ4n) is 5.16. The maximum atomic E-state index is 13.5. The van der Waals surface area contributed by atoms with Crippen LogP contribution < -0.4 is 9.64 Å². The second-order valence-corrected chi connectivity index (χ2v) is 11.7. The highest BCUT2D eigenvalue weighted by molar-refractivity contribution is 7.94. The Bertz CT molecular complexity index is 1280. The van der Waals surface area contributed by atoms with E-state index in [4.69, 9.17) is 14.7 Å². The maximum absolute atomic E-state index is 13.5. The average molecular weight is 469 g/mol. The number of nitrogens with zero attached hydrogens (tertiary/aromatic N) is 5. The summed E-state index contributed by atoms with van der Waals surface area (Å²) in [5, 5.41) is 0.769. The van der Waals surface area contributed by atoms with Crippen LogP contribution in [0.25, 0.3) is 22.4 Å². The SMILES string of the molecule is CN=S1(=O)CCC[C@H]1c1cc(N2CCCCC[C@H]2C)nc(-c2cc(OC)nc3[nH]ccc23)n1. The summed E-state index contributed by atoms with van der Waals surface area (Å²) in [6.07, 6.45) is 8.37. The van der Waals surface area contributed by atoms with Crippen LogP contribution in [0, 0.1) is 0 Å². The number of aromatic amines is 1. The Hall–Kier alpha value is -2.68. The van der Waals surface area contributed by atoms with E-state index in [0.29, 0.717) is 23.5 Å². The molecule has 1 N–H and O–H groups in total. The largest absolute Gasteiger partial charge is 0.481 e. The van der Waals surface area contributed by atoms with Crippen molar-refractivity contribution in [2.45, 2.75) is 56.7 Å². The van der Waals surface area contributed by atoms with Gasteiger partial charge in [0, 0.05) is 54.7 Å². The lowest BCUT2D eigenvalue weighted by Crippen LogP contribution is -2.33. The van der Waals surface area contributed by atoms with Crippen molar-refractivity contribution in [1.82, 2.24) is 19.9 Å². The molecule has 8 nitrogen and oxygen atoms in total. The van der Waals surface area contributed by atoms with Crippen molar-refractivity contribution < 1.29 is 8.95 Å². The number of aromatic nitrogens is 4. The van der Waals surface area contributed by atoms with Crippen molar-refractivity contribution in [2.24, 2.45) is 4.36 Å². The van der Waals surface area contributed by atoms with Gasteiger partial charge in [0.15, 0.2) is 5.82 Å². The summed E-state index contributed by atoms with van der Waals surface area (Å²) in [6.45, 7) is 3.24. The second-order valence-electron chi connectivity index (χ2n) is 9.03. The van der Waals surface area contributed by atoms with Crippen molar-refractivity contribution in [3.05, 3.63) is 30.1 Å². The fraction of sp³-hybridized carbons (Fsp3) is 0.542. The summed E-state index contributed by atoms with van der Waals surface area (Å²) >= 11 is 0. The Morgan fingerprint density at radius 3 is 2.85 bits per heavy atom. The van der Waals surface area contributed by atoms with E-state index in [1.807, 2.05) is 18.3 Å². The summed E-state index contributed by atoms with van der Waals surface area (Å²) in [7, 11) is 0.964. The number of pyridine rings is 1. The molecule has 3 aromatic rings. The third kappa shape index (κ3) is 4.07. The fourth-order valence-corrected chi connectivity index (χ4v) is 7.50. The highest BCUT2D eigenvalue weighted by Crippen LogP contribution is 2.39. The standard InChI is InChI=1S/C24H32N6O2S/c1-16-8-5-4-6-12-30(16)21-15-19(20-9-7-13-33(20,31)25-2)27-24(28-21)18-14-22(32-3)29-23-17(18)10-11-26-23/h10-11,14-16,20H,4-9,12-13H2,1-3H3,(H,26,29)/t16-,20+,33?/m1/s1. The number of H-pyrrole nitrogens is 1. The molecule has 5 rings (SSSR count). The van der Waals surface area contributed by atoms with Gasteiger partial charge in [-0.3, -0.25) is 0 Å². The van der Waals surface area contributed by atoms with Crippen molar-refractivity contribution >= 4 is 26.6 Å². The minimum Gasteiger partial charge on any atom is -0.481 e. The zero-order valence-corrected chi connectivity index (χ0v) is 20.4. The lowest BCUT2D eigenvalue weighted by Gasteiger charge is -2.29. The van der Waals surface area contributed by atoms with Gasteiger partial charge >= 0.3 is 0 Å². The van der Waals surface area contributed by atoms with E-state index in [2.05, 4.69) is 32.2 Å². The third-order valence-electron chi connectivity index (χ3n) is 7.02. The minimum absolute atomic E-state index is 0.171. The molecule has 176 valence electrons. The van der Waals surface area contributed by atoms with Gasteiger partial charge in [-0.1, -0.05) is 12.8 Å². The Kier molecular flexibility index (Phi) is 5.99. The van der Waals surface area contributed by atoms with E-state index < -0.39 is 9.73 Å². The smallest absolute Gasteiger partial charge is 0.215 e. The Balaban J connectivity index is 1.72. The Morgan fingerprint density at radius 2 is 2.03 bits per heavy atom. The third-order valence-corrected chi connectivity index (χ3v) is 9.88. The van der Waals surface area contributed by atoms with Crippen LogP contribution in [0.3, 0.4) is 0 Å². The van der Waals surface area contributed by atoms with Crippen LogP contribution in [0.1, 0.15) is 56.4 Å². The number of nitrogens with one attached hydrogen (secondary N) is 1. The molecule has 2 aliphatic heterocycles. The summed E-state index contributed by atoms with van der Waals surface area (Å²) in [6, 6.07) is 6.34. The molecule has 0 amide bonds. The van der Waals surface area contributed by atoms with Gasteiger partial charge in [0.2, 0.25) is 5.88 Å². The van der Waals surface area contributed by atoms with Crippen molar-refractivity contribution in [3.63, 3.8) is 0 Å². The van der Waals surface area contributed by atoms with E-state index in [1.54, 1.807) is 14.2 Å². The van der Waals surface area contributed by atoms with Crippen LogP contribution in [0.4, 0.5) is 5.82 Å². The molecule has 3 atom stereocenters. The first-order valence-electron chi connectivity index (χ1n) is 11.8. The van der Waals surface area contributed by atoms with Crippen LogP contribution in [0.5, 0.6) is 5.88 Å². The number of rotatable bonds is 4. The number of fused-ring (bicyclic) bond motifs is 1. The van der Waals surface area contributed by atoms with Gasteiger partial charge in [-0.25, -0.2) is 18.5 Å². The molecule has 2 saturated heterocycles. The Morgan fingerprint density at radius 1 is 1.15 bits per heavy atom. The molecule has 33 heavy (non-hydrogen) atoms. The molecular formula is C24H32N6O2S. The van der Waals surface area contributed by atoms with Gasteiger partial charge in [-0.15, -0.1) is 0 Å². The van der Waals surface area contributed by atoms with Crippen LogP contribution in [-0.4, -0.2) is 56.6 Å². The van der Waals surface area contributed by atoms with Gasteiger partial charge in [-0.2, -0.15) is 4.98 Å². The topological polar surface area (TPSA) is 96.4 Å². The van der Waals surface area contributed by atoms with Crippen molar-refractivity contribution in [1.29, 1.82) is 0 Å². The van der Waals surface area contributed by atoms with Gasteiger partial charge < -0.3 is 14.6 Å². The first kappa shape index (κ1) is 22.1. The van der Waals surface area contributed by atoms with E-state index in [1.165, 1.54) is 12.8 Å². The molecule has 0 bridgehead atoms. The predicted octanol–water partition coefficient (Wildman–Crippen LogP) is 4.73. The second kappa shape index (κ2) is 8.93. The molecule has 0 spiro atoms. The van der Waals surface area contributed by atoms with Gasteiger partial charge in [0.25, 0.3) is 0 Å². The van der Waals surface area contributed by atoms with Crippen LogP contribution >= 0.6 is 0 Å². The molecule has 0 aliphatic carbocycles. The van der Waals surface area contributed by atoms with E-state index >= 15 is 0 Å². The van der Waals surface area contributed by atoms with Gasteiger partial charge in [-0.05, 0) is 38.7 Å². The number of ether oxygens (including phenoxy) is 1. The molecule has 2 aliphatic rings. The molecule has 0 aromatic carbocycles. The quantitative estimate of drug-likeness (QED) is 0.595. The number of anilines is 1. The Labute approximate surface area is 195 Å². The highest BCUT2D eigenvalue weighted by atomic mass is 32.2. The van der Waals surface area contributed by atoms with E-state index in [-0.39, 0.29) is 5.25 Å². The summed E-state index contributed by atoms with van der Waals surface area (Å²) in [5.41, 5.74) is 2.43. The van der Waals surface area contributed by atoms with Crippen LogP contribution in [0.2, 0.25) is 0 Å². The molecule has 5 heterocycles.